The third-order valence-corrected chi connectivity index (χ3v) is 3.53. The third kappa shape index (κ3) is 4.81. The number of carbonyl (C=O) groups is 1. The number of hydrogen-bond acceptors (Lipinski definition) is 4. The van der Waals surface area contributed by atoms with E-state index in [1.54, 1.807) is 6.07 Å². The van der Waals surface area contributed by atoms with E-state index in [0.717, 1.165) is 31.6 Å². The Morgan fingerprint density at radius 3 is 2.67 bits per heavy atom. The average Bonchev–Trinajstić information content (AvgIpc) is 2.63. The molecular formula is C15H18FN3O2. The van der Waals surface area contributed by atoms with Gasteiger partial charge in [0.25, 0.3) is 0 Å². The van der Waals surface area contributed by atoms with Crippen molar-refractivity contribution in [2.24, 2.45) is 0 Å². The van der Waals surface area contributed by atoms with Crippen LogP contribution in [0.2, 0.25) is 0 Å². The van der Waals surface area contributed by atoms with Crippen molar-refractivity contribution in [1.29, 1.82) is 5.26 Å². The van der Waals surface area contributed by atoms with Gasteiger partial charge in [-0.3, -0.25) is 14.6 Å². The van der Waals surface area contributed by atoms with Crippen molar-refractivity contribution in [1.82, 2.24) is 9.80 Å². The van der Waals surface area contributed by atoms with Gasteiger partial charge in [-0.15, -0.1) is 0 Å². The summed E-state index contributed by atoms with van der Waals surface area (Å²) in [5.74, 6) is -1.21. The molecule has 0 bridgehead atoms. The first kappa shape index (κ1) is 15.4. The highest BCUT2D eigenvalue weighted by atomic mass is 19.1. The molecule has 1 aliphatic rings. The zero-order chi connectivity index (χ0) is 15.2. The van der Waals surface area contributed by atoms with Crippen molar-refractivity contribution in [2.45, 2.75) is 13.0 Å². The molecule has 0 saturated carbocycles. The van der Waals surface area contributed by atoms with E-state index in [2.05, 4.69) is 4.90 Å². The molecule has 5 nitrogen and oxygen atoms in total. The van der Waals surface area contributed by atoms with E-state index in [-0.39, 0.29) is 6.54 Å². The van der Waals surface area contributed by atoms with E-state index in [9.17, 15) is 9.18 Å². The van der Waals surface area contributed by atoms with Crippen molar-refractivity contribution >= 4 is 5.97 Å². The maximum absolute atomic E-state index is 13.4. The van der Waals surface area contributed by atoms with Crippen molar-refractivity contribution in [2.75, 3.05) is 32.7 Å². The Hall–Kier alpha value is -1.97. The molecule has 1 N–H and O–H groups in total. The Morgan fingerprint density at radius 2 is 1.95 bits per heavy atom. The summed E-state index contributed by atoms with van der Waals surface area (Å²) >= 11 is 0. The number of carboxylic acids is 1. The van der Waals surface area contributed by atoms with Gasteiger partial charge in [0.1, 0.15) is 5.82 Å². The van der Waals surface area contributed by atoms with Gasteiger partial charge in [0.05, 0.1) is 18.2 Å². The zero-order valence-electron chi connectivity index (χ0n) is 11.8. The molecule has 0 aromatic heterocycles. The van der Waals surface area contributed by atoms with Crippen LogP contribution in [-0.4, -0.2) is 53.6 Å². The van der Waals surface area contributed by atoms with Gasteiger partial charge in [-0.25, -0.2) is 4.39 Å². The van der Waals surface area contributed by atoms with Gasteiger partial charge in [0, 0.05) is 26.2 Å². The van der Waals surface area contributed by atoms with E-state index in [1.165, 1.54) is 12.1 Å². The summed E-state index contributed by atoms with van der Waals surface area (Å²) in [4.78, 5) is 14.8. The van der Waals surface area contributed by atoms with Gasteiger partial charge in [0.15, 0.2) is 0 Å². The van der Waals surface area contributed by atoms with Crippen molar-refractivity contribution < 1.29 is 14.3 Å². The number of halogens is 1. The first-order chi connectivity index (χ1) is 10.1. The molecule has 1 aliphatic heterocycles. The summed E-state index contributed by atoms with van der Waals surface area (Å²) < 4.78 is 13.4. The maximum Gasteiger partial charge on any atom is 0.317 e. The molecule has 1 saturated heterocycles. The minimum atomic E-state index is -0.813. The molecule has 2 rings (SSSR count). The molecule has 21 heavy (non-hydrogen) atoms. The highest BCUT2D eigenvalue weighted by Crippen LogP contribution is 2.13. The standard InChI is InChI=1S/C15H18FN3O2/c16-14-7-12(9-17)6-13(8-14)10-18-2-1-3-19(5-4-18)11-15(20)21/h6-8H,1-5,10-11H2,(H,20,21). The number of aliphatic carboxylic acids is 1. The van der Waals surface area contributed by atoms with Gasteiger partial charge in [0.2, 0.25) is 0 Å². The van der Waals surface area contributed by atoms with Gasteiger partial charge in [-0.2, -0.15) is 5.26 Å². The fraction of sp³-hybridized carbons (Fsp3) is 0.467. The normalized spacial score (nSPS) is 17.1. The van der Waals surface area contributed by atoms with Gasteiger partial charge < -0.3 is 5.11 Å². The monoisotopic (exact) mass is 291 g/mol. The van der Waals surface area contributed by atoms with E-state index in [0.29, 0.717) is 18.7 Å². The van der Waals surface area contributed by atoms with Crippen LogP contribution in [0, 0.1) is 17.1 Å². The topological polar surface area (TPSA) is 67.6 Å². The van der Waals surface area contributed by atoms with Crippen LogP contribution in [-0.2, 0) is 11.3 Å². The molecule has 0 aliphatic carbocycles. The van der Waals surface area contributed by atoms with Crippen LogP contribution < -0.4 is 0 Å². The minimum absolute atomic E-state index is 0.0619. The number of benzene rings is 1. The number of nitrogens with zero attached hydrogens (tertiary/aromatic N) is 3. The lowest BCUT2D eigenvalue weighted by atomic mass is 10.1. The van der Waals surface area contributed by atoms with Crippen molar-refractivity contribution in [3.63, 3.8) is 0 Å². The molecule has 0 atom stereocenters. The first-order valence-electron chi connectivity index (χ1n) is 6.93. The second kappa shape index (κ2) is 7.16. The summed E-state index contributed by atoms with van der Waals surface area (Å²) in [6.45, 7) is 3.67. The Labute approximate surface area is 123 Å². The van der Waals surface area contributed by atoms with Crippen LogP contribution in [0.15, 0.2) is 18.2 Å². The second-order valence-electron chi connectivity index (χ2n) is 5.26. The van der Waals surface area contributed by atoms with Gasteiger partial charge in [-0.1, -0.05) is 0 Å². The smallest absolute Gasteiger partial charge is 0.317 e. The van der Waals surface area contributed by atoms with E-state index in [4.69, 9.17) is 10.4 Å². The van der Waals surface area contributed by atoms with E-state index < -0.39 is 11.8 Å². The number of nitriles is 1. The molecular weight excluding hydrogens is 273 g/mol. The highest BCUT2D eigenvalue weighted by Gasteiger charge is 2.17. The molecule has 0 spiro atoms. The predicted octanol–water partition coefficient (Wildman–Crippen LogP) is 1.29. The molecule has 0 radical (unpaired) electrons. The van der Waals surface area contributed by atoms with Crippen molar-refractivity contribution in [3.8, 4) is 6.07 Å². The molecule has 0 amide bonds. The van der Waals surface area contributed by atoms with Gasteiger partial charge in [-0.05, 0) is 36.7 Å². The summed E-state index contributed by atoms with van der Waals surface area (Å²) in [7, 11) is 0. The fourth-order valence-corrected chi connectivity index (χ4v) is 2.60. The molecule has 1 aromatic carbocycles. The lowest BCUT2D eigenvalue weighted by Gasteiger charge is -2.21. The lowest BCUT2D eigenvalue weighted by Crippen LogP contribution is -2.34. The molecule has 1 aromatic rings. The first-order valence-corrected chi connectivity index (χ1v) is 6.93. The Kier molecular flexibility index (Phi) is 5.26. The van der Waals surface area contributed by atoms with Gasteiger partial charge >= 0.3 is 5.97 Å². The summed E-state index contributed by atoms with van der Waals surface area (Å²) in [5.41, 5.74) is 1.10. The second-order valence-corrected chi connectivity index (χ2v) is 5.26. The number of carboxylic acid groups (broad SMARTS) is 1. The summed E-state index contributed by atoms with van der Waals surface area (Å²) in [6, 6.07) is 6.32. The Balaban J connectivity index is 1.96. The van der Waals surface area contributed by atoms with Crippen LogP contribution >= 0.6 is 0 Å². The number of rotatable bonds is 4. The van der Waals surface area contributed by atoms with Crippen LogP contribution in [0.3, 0.4) is 0 Å². The maximum atomic E-state index is 13.4. The number of hydrogen-bond donors (Lipinski definition) is 1. The molecule has 1 fully saturated rings. The molecule has 0 unspecified atom stereocenters. The van der Waals surface area contributed by atoms with Crippen LogP contribution in [0.5, 0.6) is 0 Å². The largest absolute Gasteiger partial charge is 0.480 e. The average molecular weight is 291 g/mol. The Bertz CT molecular complexity index is 556. The summed E-state index contributed by atoms with van der Waals surface area (Å²) in [5, 5.41) is 17.7. The van der Waals surface area contributed by atoms with Crippen LogP contribution in [0.4, 0.5) is 4.39 Å². The van der Waals surface area contributed by atoms with Crippen LogP contribution in [0.1, 0.15) is 17.5 Å². The quantitative estimate of drug-likeness (QED) is 0.905. The van der Waals surface area contributed by atoms with E-state index in [1.807, 2.05) is 11.0 Å². The fourth-order valence-electron chi connectivity index (χ4n) is 2.60. The highest BCUT2D eigenvalue weighted by molar-refractivity contribution is 5.69. The van der Waals surface area contributed by atoms with Crippen LogP contribution in [0.25, 0.3) is 0 Å². The molecule has 1 heterocycles. The summed E-state index contributed by atoms with van der Waals surface area (Å²) in [6.07, 6.45) is 0.883. The minimum Gasteiger partial charge on any atom is -0.480 e. The van der Waals surface area contributed by atoms with E-state index >= 15 is 0 Å². The molecule has 112 valence electrons. The Morgan fingerprint density at radius 1 is 1.24 bits per heavy atom. The molecule has 6 heteroatoms. The van der Waals surface area contributed by atoms with Crippen molar-refractivity contribution in [3.05, 3.63) is 35.1 Å². The third-order valence-electron chi connectivity index (χ3n) is 3.53. The lowest BCUT2D eigenvalue weighted by molar-refractivity contribution is -0.138. The predicted molar refractivity (Wildman–Crippen MR) is 75.1 cm³/mol. The zero-order valence-corrected chi connectivity index (χ0v) is 11.8. The SMILES string of the molecule is N#Cc1cc(F)cc(CN2CCCN(CC(=O)O)CC2)c1.